The molecule has 5 nitrogen and oxygen atoms in total. The number of hydrogen-bond acceptors (Lipinski definition) is 5. The highest BCUT2D eigenvalue weighted by atomic mass is 15.3. The van der Waals surface area contributed by atoms with E-state index < -0.39 is 0 Å². The van der Waals surface area contributed by atoms with Gasteiger partial charge < -0.3 is 10.2 Å². The van der Waals surface area contributed by atoms with E-state index in [4.69, 9.17) is 0 Å². The first-order chi connectivity index (χ1) is 10.8. The molecule has 0 radical (unpaired) electrons. The Hall–Kier alpha value is -2.17. The summed E-state index contributed by atoms with van der Waals surface area (Å²) in [7, 11) is 2.04. The molecular weight excluding hydrogens is 274 g/mol. The topological polar surface area (TPSA) is 53.9 Å². The summed E-state index contributed by atoms with van der Waals surface area (Å²) in [4.78, 5) is 6.63. The van der Waals surface area contributed by atoms with Crippen molar-refractivity contribution in [3.63, 3.8) is 0 Å². The van der Waals surface area contributed by atoms with Crippen molar-refractivity contribution >= 4 is 11.8 Å². The normalized spacial score (nSPS) is 10.5. The van der Waals surface area contributed by atoms with Crippen LogP contribution in [0.1, 0.15) is 31.7 Å². The average molecular weight is 299 g/mol. The Labute approximate surface area is 132 Å². The SMILES string of the molecule is CCCCN(C)c1cnnc(NCCCc2ccccc2)n1. The van der Waals surface area contributed by atoms with Gasteiger partial charge in [-0.05, 0) is 24.8 Å². The Morgan fingerprint density at radius 3 is 2.73 bits per heavy atom. The van der Waals surface area contributed by atoms with Crippen LogP contribution in [0.2, 0.25) is 0 Å². The van der Waals surface area contributed by atoms with E-state index in [1.54, 1.807) is 6.20 Å². The first-order valence-corrected chi connectivity index (χ1v) is 7.98. The van der Waals surface area contributed by atoms with Crippen molar-refractivity contribution in [2.45, 2.75) is 32.6 Å². The maximum absolute atomic E-state index is 4.51. The molecular formula is C17H25N5. The van der Waals surface area contributed by atoms with E-state index in [2.05, 4.69) is 56.6 Å². The van der Waals surface area contributed by atoms with Crippen LogP contribution in [-0.4, -0.2) is 35.3 Å². The molecule has 22 heavy (non-hydrogen) atoms. The highest BCUT2D eigenvalue weighted by Gasteiger charge is 2.04. The fourth-order valence-corrected chi connectivity index (χ4v) is 2.20. The minimum atomic E-state index is 0.605. The average Bonchev–Trinajstić information content (AvgIpc) is 2.58. The Kier molecular flexibility index (Phi) is 6.61. The van der Waals surface area contributed by atoms with Crippen LogP contribution in [0, 0.1) is 0 Å². The molecule has 118 valence electrons. The summed E-state index contributed by atoms with van der Waals surface area (Å²) in [5, 5.41) is 11.3. The van der Waals surface area contributed by atoms with Gasteiger partial charge in [-0.3, -0.25) is 0 Å². The molecule has 1 aromatic heterocycles. The van der Waals surface area contributed by atoms with Crippen molar-refractivity contribution in [1.82, 2.24) is 15.2 Å². The zero-order valence-electron chi connectivity index (χ0n) is 13.5. The van der Waals surface area contributed by atoms with Crippen LogP contribution < -0.4 is 10.2 Å². The van der Waals surface area contributed by atoms with Gasteiger partial charge in [0.1, 0.15) is 0 Å². The van der Waals surface area contributed by atoms with Crippen LogP contribution in [0.25, 0.3) is 0 Å². The molecule has 0 atom stereocenters. The van der Waals surface area contributed by atoms with E-state index in [1.165, 1.54) is 12.0 Å². The predicted octanol–water partition coefficient (Wildman–Crippen LogP) is 3.15. The quantitative estimate of drug-likeness (QED) is 0.721. The molecule has 5 heteroatoms. The van der Waals surface area contributed by atoms with Gasteiger partial charge in [0.2, 0.25) is 5.95 Å². The van der Waals surface area contributed by atoms with Crippen molar-refractivity contribution in [1.29, 1.82) is 0 Å². The predicted molar refractivity (Wildman–Crippen MR) is 91.3 cm³/mol. The van der Waals surface area contributed by atoms with Crippen molar-refractivity contribution in [2.24, 2.45) is 0 Å². The second kappa shape index (κ2) is 8.97. The lowest BCUT2D eigenvalue weighted by Gasteiger charge is -2.17. The van der Waals surface area contributed by atoms with Crippen molar-refractivity contribution in [3.8, 4) is 0 Å². The third kappa shape index (κ3) is 5.31. The van der Waals surface area contributed by atoms with Gasteiger partial charge in [-0.1, -0.05) is 43.7 Å². The van der Waals surface area contributed by atoms with E-state index in [0.29, 0.717) is 5.95 Å². The van der Waals surface area contributed by atoms with Gasteiger partial charge in [0, 0.05) is 20.1 Å². The molecule has 2 rings (SSSR count). The molecule has 0 amide bonds. The van der Waals surface area contributed by atoms with Crippen LogP contribution in [0.5, 0.6) is 0 Å². The minimum Gasteiger partial charge on any atom is -0.358 e. The summed E-state index contributed by atoms with van der Waals surface area (Å²) in [5.41, 5.74) is 1.36. The van der Waals surface area contributed by atoms with Gasteiger partial charge in [-0.2, -0.15) is 10.1 Å². The van der Waals surface area contributed by atoms with Crippen LogP contribution in [0.4, 0.5) is 11.8 Å². The Balaban J connectivity index is 1.78. The summed E-state index contributed by atoms with van der Waals surface area (Å²) in [6, 6.07) is 10.5. The van der Waals surface area contributed by atoms with E-state index in [9.17, 15) is 0 Å². The molecule has 0 spiro atoms. The zero-order chi connectivity index (χ0) is 15.6. The number of benzene rings is 1. The lowest BCUT2D eigenvalue weighted by molar-refractivity contribution is 0.752. The minimum absolute atomic E-state index is 0.605. The molecule has 1 heterocycles. The summed E-state index contributed by atoms with van der Waals surface area (Å²) in [6.45, 7) is 4.02. The van der Waals surface area contributed by atoms with Gasteiger partial charge in [-0.25, -0.2) is 0 Å². The number of unbranched alkanes of at least 4 members (excludes halogenated alkanes) is 1. The maximum Gasteiger partial charge on any atom is 0.244 e. The van der Waals surface area contributed by atoms with Gasteiger partial charge in [0.15, 0.2) is 5.82 Å². The molecule has 0 aliphatic carbocycles. The van der Waals surface area contributed by atoms with Gasteiger partial charge in [0.25, 0.3) is 0 Å². The largest absolute Gasteiger partial charge is 0.358 e. The molecule has 1 N–H and O–H groups in total. The Morgan fingerprint density at radius 1 is 1.14 bits per heavy atom. The molecule has 0 fully saturated rings. The van der Waals surface area contributed by atoms with Crippen molar-refractivity contribution in [2.75, 3.05) is 30.4 Å². The summed E-state index contributed by atoms with van der Waals surface area (Å²) in [5.74, 6) is 1.47. The van der Waals surface area contributed by atoms with E-state index >= 15 is 0 Å². The van der Waals surface area contributed by atoms with Crippen molar-refractivity contribution < 1.29 is 0 Å². The number of hydrogen-bond donors (Lipinski definition) is 1. The Bertz CT molecular complexity index is 544. The lowest BCUT2D eigenvalue weighted by Crippen LogP contribution is -2.20. The van der Waals surface area contributed by atoms with E-state index in [-0.39, 0.29) is 0 Å². The lowest BCUT2D eigenvalue weighted by atomic mass is 10.1. The first-order valence-electron chi connectivity index (χ1n) is 7.98. The van der Waals surface area contributed by atoms with Crippen LogP contribution >= 0.6 is 0 Å². The summed E-state index contributed by atoms with van der Waals surface area (Å²) >= 11 is 0. The number of nitrogens with one attached hydrogen (secondary N) is 1. The third-order valence-electron chi connectivity index (χ3n) is 3.55. The molecule has 0 saturated carbocycles. The van der Waals surface area contributed by atoms with E-state index in [0.717, 1.165) is 38.2 Å². The third-order valence-corrected chi connectivity index (χ3v) is 3.55. The van der Waals surface area contributed by atoms with Crippen LogP contribution in [0.3, 0.4) is 0 Å². The molecule has 1 aromatic carbocycles. The standard InChI is InChI=1S/C17H25N5/c1-3-4-13-22(2)16-14-19-21-17(20-16)18-12-8-11-15-9-6-5-7-10-15/h5-7,9-10,14H,3-4,8,11-13H2,1-2H3,(H,18,20,21). The number of anilines is 2. The highest BCUT2D eigenvalue weighted by molar-refractivity contribution is 5.39. The van der Waals surface area contributed by atoms with Gasteiger partial charge in [0.05, 0.1) is 6.20 Å². The van der Waals surface area contributed by atoms with Crippen LogP contribution in [-0.2, 0) is 6.42 Å². The fourth-order valence-electron chi connectivity index (χ4n) is 2.20. The zero-order valence-corrected chi connectivity index (χ0v) is 13.5. The molecule has 0 bridgehead atoms. The van der Waals surface area contributed by atoms with Gasteiger partial charge in [-0.15, -0.1) is 5.10 Å². The monoisotopic (exact) mass is 299 g/mol. The smallest absolute Gasteiger partial charge is 0.244 e. The van der Waals surface area contributed by atoms with E-state index in [1.807, 2.05) is 13.1 Å². The molecule has 0 saturated heterocycles. The fraction of sp³-hybridized carbons (Fsp3) is 0.471. The molecule has 2 aromatic rings. The van der Waals surface area contributed by atoms with Crippen molar-refractivity contribution in [3.05, 3.63) is 42.1 Å². The second-order valence-electron chi connectivity index (χ2n) is 5.43. The summed E-state index contributed by atoms with van der Waals surface area (Å²) < 4.78 is 0. The number of aryl methyl sites for hydroxylation is 1. The number of nitrogens with zero attached hydrogens (tertiary/aromatic N) is 4. The Morgan fingerprint density at radius 2 is 1.95 bits per heavy atom. The molecule has 0 unspecified atom stereocenters. The summed E-state index contributed by atoms with van der Waals surface area (Å²) in [6.07, 6.45) is 6.14. The molecule has 0 aliphatic heterocycles. The number of aromatic nitrogens is 3. The maximum atomic E-state index is 4.51. The first kappa shape index (κ1) is 16.2. The molecule has 0 aliphatic rings. The number of rotatable bonds is 9. The van der Waals surface area contributed by atoms with Crippen LogP contribution in [0.15, 0.2) is 36.5 Å². The highest BCUT2D eigenvalue weighted by Crippen LogP contribution is 2.10. The van der Waals surface area contributed by atoms with Gasteiger partial charge >= 0.3 is 0 Å². The second-order valence-corrected chi connectivity index (χ2v) is 5.43.